The zero-order chi connectivity index (χ0) is 13.0. The minimum Gasteiger partial charge on any atom is -0.508 e. The summed E-state index contributed by atoms with van der Waals surface area (Å²) in [7, 11) is 0. The van der Waals surface area contributed by atoms with E-state index in [0.29, 0.717) is 12.5 Å². The molecule has 0 aromatic heterocycles. The molecule has 2 unspecified atom stereocenters. The van der Waals surface area contributed by atoms with Crippen molar-refractivity contribution in [2.24, 2.45) is 0 Å². The van der Waals surface area contributed by atoms with Crippen LogP contribution in [-0.2, 0) is 11.2 Å². The largest absolute Gasteiger partial charge is 0.508 e. The summed E-state index contributed by atoms with van der Waals surface area (Å²) in [5.41, 5.74) is 0.838. The summed E-state index contributed by atoms with van der Waals surface area (Å²) in [5.74, 6) is 0.218. The normalized spacial score (nSPS) is 23.6. The van der Waals surface area contributed by atoms with Gasteiger partial charge in [-0.3, -0.25) is 4.79 Å². The summed E-state index contributed by atoms with van der Waals surface area (Å²) >= 11 is 0. The van der Waals surface area contributed by atoms with Gasteiger partial charge in [0, 0.05) is 18.6 Å². The molecule has 3 N–H and O–H groups in total. The first-order chi connectivity index (χ1) is 8.63. The quantitative estimate of drug-likeness (QED) is 0.753. The third kappa shape index (κ3) is 3.74. The van der Waals surface area contributed by atoms with Gasteiger partial charge in [-0.2, -0.15) is 0 Å². The molecule has 0 bridgehead atoms. The second kappa shape index (κ2) is 5.87. The van der Waals surface area contributed by atoms with Crippen LogP contribution in [0.1, 0.15) is 25.3 Å². The predicted octanol–water partition coefficient (Wildman–Crippen LogP) is 1.19. The van der Waals surface area contributed by atoms with E-state index in [2.05, 4.69) is 17.6 Å². The molecule has 0 saturated carbocycles. The van der Waals surface area contributed by atoms with E-state index in [1.54, 1.807) is 18.2 Å². The van der Waals surface area contributed by atoms with Gasteiger partial charge in [0.05, 0.1) is 6.42 Å². The molecule has 1 heterocycles. The number of hydrogen-bond donors (Lipinski definition) is 3. The van der Waals surface area contributed by atoms with Crippen molar-refractivity contribution in [3.63, 3.8) is 0 Å². The number of aromatic hydroxyl groups is 1. The first-order valence-corrected chi connectivity index (χ1v) is 6.44. The zero-order valence-electron chi connectivity index (χ0n) is 10.6. The SMILES string of the molecule is CC1CCC(NC(=O)Cc2cccc(O)c2)CN1. The summed E-state index contributed by atoms with van der Waals surface area (Å²) in [4.78, 5) is 11.9. The van der Waals surface area contributed by atoms with Gasteiger partial charge < -0.3 is 15.7 Å². The number of carbonyl (C=O) groups is 1. The van der Waals surface area contributed by atoms with Crippen molar-refractivity contribution in [3.05, 3.63) is 29.8 Å². The molecule has 2 atom stereocenters. The third-order valence-corrected chi connectivity index (χ3v) is 3.30. The van der Waals surface area contributed by atoms with Crippen molar-refractivity contribution >= 4 is 5.91 Å². The second-order valence-electron chi connectivity index (χ2n) is 5.00. The lowest BCUT2D eigenvalue weighted by Crippen LogP contribution is -2.49. The second-order valence-corrected chi connectivity index (χ2v) is 5.00. The maximum atomic E-state index is 11.9. The van der Waals surface area contributed by atoms with Gasteiger partial charge in [0.1, 0.15) is 5.75 Å². The van der Waals surface area contributed by atoms with Gasteiger partial charge in [-0.15, -0.1) is 0 Å². The molecule has 98 valence electrons. The van der Waals surface area contributed by atoms with Crippen molar-refractivity contribution in [1.29, 1.82) is 0 Å². The summed E-state index contributed by atoms with van der Waals surface area (Å²) in [6.07, 6.45) is 2.44. The molecule has 1 aromatic carbocycles. The highest BCUT2D eigenvalue weighted by Crippen LogP contribution is 2.12. The van der Waals surface area contributed by atoms with Gasteiger partial charge in [-0.1, -0.05) is 12.1 Å². The van der Waals surface area contributed by atoms with Crippen molar-refractivity contribution in [1.82, 2.24) is 10.6 Å². The Labute approximate surface area is 107 Å². The fraction of sp³-hybridized carbons (Fsp3) is 0.500. The summed E-state index contributed by atoms with van der Waals surface area (Å²) in [6, 6.07) is 7.60. The Morgan fingerprint density at radius 2 is 2.33 bits per heavy atom. The van der Waals surface area contributed by atoms with E-state index in [1.165, 1.54) is 0 Å². The lowest BCUT2D eigenvalue weighted by molar-refractivity contribution is -0.121. The van der Waals surface area contributed by atoms with E-state index in [1.807, 2.05) is 6.07 Å². The van der Waals surface area contributed by atoms with E-state index in [4.69, 9.17) is 0 Å². The molecular formula is C14H20N2O2. The van der Waals surface area contributed by atoms with Crippen LogP contribution in [0.2, 0.25) is 0 Å². The molecule has 4 nitrogen and oxygen atoms in total. The average Bonchev–Trinajstić information content (AvgIpc) is 2.32. The number of rotatable bonds is 3. The number of nitrogens with one attached hydrogen (secondary N) is 2. The number of benzene rings is 1. The average molecular weight is 248 g/mol. The highest BCUT2D eigenvalue weighted by atomic mass is 16.3. The van der Waals surface area contributed by atoms with Gasteiger partial charge in [0.15, 0.2) is 0 Å². The fourth-order valence-corrected chi connectivity index (χ4v) is 2.25. The predicted molar refractivity (Wildman–Crippen MR) is 70.4 cm³/mol. The van der Waals surface area contributed by atoms with Crippen LogP contribution < -0.4 is 10.6 Å². The number of piperidine rings is 1. The Kier molecular flexibility index (Phi) is 4.20. The number of phenolic OH excluding ortho intramolecular Hbond substituents is 1. The third-order valence-electron chi connectivity index (χ3n) is 3.30. The lowest BCUT2D eigenvalue weighted by atomic mass is 10.0. The Bertz CT molecular complexity index is 412. The number of hydrogen-bond acceptors (Lipinski definition) is 3. The van der Waals surface area contributed by atoms with Crippen LogP contribution in [0, 0.1) is 0 Å². The summed E-state index contributed by atoms with van der Waals surface area (Å²) in [5, 5.41) is 15.7. The van der Waals surface area contributed by atoms with Crippen molar-refractivity contribution in [2.45, 2.75) is 38.3 Å². The molecule has 0 radical (unpaired) electrons. The minimum absolute atomic E-state index is 0.0157. The molecule has 1 aliphatic heterocycles. The van der Waals surface area contributed by atoms with Gasteiger partial charge in [-0.25, -0.2) is 0 Å². The minimum atomic E-state index is 0.0157. The number of carbonyl (C=O) groups excluding carboxylic acids is 1. The van der Waals surface area contributed by atoms with Crippen LogP contribution in [0.15, 0.2) is 24.3 Å². The Morgan fingerprint density at radius 1 is 1.50 bits per heavy atom. The smallest absolute Gasteiger partial charge is 0.224 e. The number of amides is 1. The summed E-state index contributed by atoms with van der Waals surface area (Å²) in [6.45, 7) is 3.00. The van der Waals surface area contributed by atoms with Gasteiger partial charge >= 0.3 is 0 Å². The van der Waals surface area contributed by atoms with E-state index in [0.717, 1.165) is 24.9 Å². The first-order valence-electron chi connectivity index (χ1n) is 6.44. The molecule has 0 aliphatic carbocycles. The van der Waals surface area contributed by atoms with E-state index in [9.17, 15) is 9.90 Å². The maximum absolute atomic E-state index is 11.9. The highest BCUT2D eigenvalue weighted by molar-refractivity contribution is 5.79. The Balaban J connectivity index is 1.82. The molecule has 1 aromatic rings. The Morgan fingerprint density at radius 3 is 3.00 bits per heavy atom. The molecule has 4 heteroatoms. The lowest BCUT2D eigenvalue weighted by Gasteiger charge is -2.28. The van der Waals surface area contributed by atoms with E-state index in [-0.39, 0.29) is 17.7 Å². The maximum Gasteiger partial charge on any atom is 0.224 e. The van der Waals surface area contributed by atoms with Crippen LogP contribution in [0.5, 0.6) is 5.75 Å². The zero-order valence-corrected chi connectivity index (χ0v) is 10.6. The molecule has 1 aliphatic rings. The van der Waals surface area contributed by atoms with Crippen LogP contribution >= 0.6 is 0 Å². The Hall–Kier alpha value is -1.55. The highest BCUT2D eigenvalue weighted by Gasteiger charge is 2.18. The summed E-state index contributed by atoms with van der Waals surface area (Å²) < 4.78 is 0. The van der Waals surface area contributed by atoms with Crippen LogP contribution in [0.25, 0.3) is 0 Å². The molecule has 0 spiro atoms. The monoisotopic (exact) mass is 248 g/mol. The topological polar surface area (TPSA) is 61.4 Å². The molecule has 2 rings (SSSR count). The van der Waals surface area contributed by atoms with Crippen molar-refractivity contribution in [2.75, 3.05) is 6.54 Å². The molecular weight excluding hydrogens is 228 g/mol. The molecule has 18 heavy (non-hydrogen) atoms. The van der Waals surface area contributed by atoms with Crippen LogP contribution in [-0.4, -0.2) is 29.6 Å². The molecule has 1 saturated heterocycles. The molecule has 1 fully saturated rings. The van der Waals surface area contributed by atoms with Crippen LogP contribution in [0.3, 0.4) is 0 Å². The van der Waals surface area contributed by atoms with E-state index >= 15 is 0 Å². The number of phenols is 1. The first kappa shape index (κ1) is 12.9. The standard InChI is InChI=1S/C14H20N2O2/c1-10-5-6-12(9-15-10)16-14(18)8-11-3-2-4-13(17)7-11/h2-4,7,10,12,15,17H,5-6,8-9H2,1H3,(H,16,18). The molecule has 1 amide bonds. The van der Waals surface area contributed by atoms with E-state index < -0.39 is 0 Å². The van der Waals surface area contributed by atoms with Crippen LogP contribution in [0.4, 0.5) is 0 Å². The van der Waals surface area contributed by atoms with Gasteiger partial charge in [0.25, 0.3) is 0 Å². The van der Waals surface area contributed by atoms with Crippen molar-refractivity contribution in [3.8, 4) is 5.75 Å². The van der Waals surface area contributed by atoms with Crippen molar-refractivity contribution < 1.29 is 9.90 Å². The van der Waals surface area contributed by atoms with Gasteiger partial charge in [0.2, 0.25) is 5.91 Å². The van der Waals surface area contributed by atoms with Gasteiger partial charge in [-0.05, 0) is 37.5 Å². The fourth-order valence-electron chi connectivity index (χ4n) is 2.25.